The highest BCUT2D eigenvalue weighted by Crippen LogP contribution is 2.29. The summed E-state index contributed by atoms with van der Waals surface area (Å²) in [5.74, 6) is 0.179. The summed E-state index contributed by atoms with van der Waals surface area (Å²) in [6.45, 7) is 3.60. The minimum Gasteiger partial charge on any atom is -0.381 e. The second-order valence-corrected chi connectivity index (χ2v) is 5.17. The van der Waals surface area contributed by atoms with Gasteiger partial charge in [-0.05, 0) is 43.7 Å². The molecule has 0 aromatic heterocycles. The van der Waals surface area contributed by atoms with Crippen molar-refractivity contribution in [3.8, 4) is 0 Å². The van der Waals surface area contributed by atoms with Crippen LogP contribution in [0, 0.1) is 28.8 Å². The maximum absolute atomic E-state index is 13.3. The summed E-state index contributed by atoms with van der Waals surface area (Å²) >= 11 is 0. The number of ether oxygens (including phenoxy) is 1. The molecule has 1 saturated carbocycles. The maximum atomic E-state index is 13.3. The average molecular weight is 282 g/mol. The van der Waals surface area contributed by atoms with Crippen molar-refractivity contribution in [2.45, 2.75) is 26.2 Å². The Morgan fingerprint density at radius 3 is 2.90 bits per heavy atom. The summed E-state index contributed by atoms with van der Waals surface area (Å²) in [6, 6.07) is 2.43. The Balaban J connectivity index is 1.81. The van der Waals surface area contributed by atoms with Gasteiger partial charge >= 0.3 is 0 Å². The molecule has 0 spiro atoms. The first-order valence-corrected chi connectivity index (χ1v) is 6.84. The number of hydrogen-bond acceptors (Lipinski definition) is 4. The Kier molecular flexibility index (Phi) is 4.89. The molecule has 0 aliphatic heterocycles. The van der Waals surface area contributed by atoms with E-state index in [0.29, 0.717) is 24.4 Å². The number of halogens is 1. The fourth-order valence-corrected chi connectivity index (χ4v) is 1.90. The van der Waals surface area contributed by atoms with Gasteiger partial charge in [-0.1, -0.05) is 0 Å². The lowest BCUT2D eigenvalue weighted by atomic mass is 10.1. The molecule has 6 heteroatoms. The molecule has 0 radical (unpaired) electrons. The largest absolute Gasteiger partial charge is 0.381 e. The van der Waals surface area contributed by atoms with E-state index in [4.69, 9.17) is 4.74 Å². The van der Waals surface area contributed by atoms with Gasteiger partial charge in [-0.3, -0.25) is 10.1 Å². The highest BCUT2D eigenvalue weighted by molar-refractivity contribution is 5.63. The normalized spacial score (nSPS) is 14.3. The summed E-state index contributed by atoms with van der Waals surface area (Å²) < 4.78 is 18.8. The van der Waals surface area contributed by atoms with E-state index >= 15 is 0 Å². The molecule has 0 saturated heterocycles. The minimum absolute atomic E-state index is 0.230. The van der Waals surface area contributed by atoms with Gasteiger partial charge < -0.3 is 10.1 Å². The number of aryl methyl sites for hydroxylation is 1. The Morgan fingerprint density at radius 2 is 2.25 bits per heavy atom. The highest BCUT2D eigenvalue weighted by atomic mass is 19.1. The quantitative estimate of drug-likeness (QED) is 0.451. The summed E-state index contributed by atoms with van der Waals surface area (Å²) in [5.41, 5.74) is 0.520. The van der Waals surface area contributed by atoms with Gasteiger partial charge in [-0.25, -0.2) is 4.39 Å². The lowest BCUT2D eigenvalue weighted by molar-refractivity contribution is -0.384. The minimum atomic E-state index is -0.575. The van der Waals surface area contributed by atoms with Crippen molar-refractivity contribution in [1.29, 1.82) is 0 Å². The fraction of sp³-hybridized carbons (Fsp3) is 0.571. The van der Waals surface area contributed by atoms with Crippen molar-refractivity contribution in [3.63, 3.8) is 0 Å². The van der Waals surface area contributed by atoms with E-state index in [2.05, 4.69) is 5.32 Å². The van der Waals surface area contributed by atoms with E-state index in [1.54, 1.807) is 6.92 Å². The zero-order valence-corrected chi connectivity index (χ0v) is 11.5. The molecule has 1 N–H and O–H groups in total. The summed E-state index contributed by atoms with van der Waals surface area (Å²) in [6.07, 6.45) is 3.29. The molecular weight excluding hydrogens is 263 g/mol. The predicted molar refractivity (Wildman–Crippen MR) is 74.4 cm³/mol. The molecule has 110 valence electrons. The second kappa shape index (κ2) is 6.65. The molecular formula is C14H19FN2O3. The van der Waals surface area contributed by atoms with E-state index in [9.17, 15) is 14.5 Å². The molecule has 0 amide bonds. The van der Waals surface area contributed by atoms with Crippen LogP contribution in [0.1, 0.15) is 24.8 Å². The summed E-state index contributed by atoms with van der Waals surface area (Å²) in [5, 5.41) is 13.9. The number of nitro benzene ring substituents is 1. The van der Waals surface area contributed by atoms with Gasteiger partial charge in [0.15, 0.2) is 0 Å². The first-order chi connectivity index (χ1) is 9.58. The number of rotatable bonds is 8. The van der Waals surface area contributed by atoms with Crippen LogP contribution in [-0.4, -0.2) is 24.7 Å². The van der Waals surface area contributed by atoms with E-state index in [1.807, 2.05) is 0 Å². The topological polar surface area (TPSA) is 64.4 Å². The maximum Gasteiger partial charge on any atom is 0.295 e. The van der Waals surface area contributed by atoms with Crippen LogP contribution in [0.5, 0.6) is 0 Å². The molecule has 1 aliphatic rings. The van der Waals surface area contributed by atoms with Gasteiger partial charge in [0.25, 0.3) is 5.69 Å². The molecule has 5 nitrogen and oxygen atoms in total. The van der Waals surface area contributed by atoms with Gasteiger partial charge in [0.2, 0.25) is 0 Å². The van der Waals surface area contributed by atoms with Crippen LogP contribution in [-0.2, 0) is 4.74 Å². The van der Waals surface area contributed by atoms with Gasteiger partial charge in [0.05, 0.1) is 11.0 Å². The molecule has 0 heterocycles. The second-order valence-electron chi connectivity index (χ2n) is 5.17. The zero-order chi connectivity index (χ0) is 14.5. The van der Waals surface area contributed by atoms with Crippen molar-refractivity contribution >= 4 is 11.4 Å². The fourth-order valence-electron chi connectivity index (χ4n) is 1.90. The molecule has 0 atom stereocenters. The van der Waals surface area contributed by atoms with Crippen LogP contribution in [0.25, 0.3) is 0 Å². The Bertz CT molecular complexity index is 490. The lowest BCUT2D eigenvalue weighted by Crippen LogP contribution is -2.09. The highest BCUT2D eigenvalue weighted by Gasteiger charge is 2.21. The number of nitrogens with one attached hydrogen (secondary N) is 1. The third-order valence-corrected chi connectivity index (χ3v) is 3.31. The smallest absolute Gasteiger partial charge is 0.295 e. The summed E-state index contributed by atoms with van der Waals surface area (Å²) in [4.78, 5) is 10.3. The first kappa shape index (κ1) is 14.7. The van der Waals surface area contributed by atoms with Crippen LogP contribution in [0.15, 0.2) is 12.1 Å². The number of anilines is 1. The molecule has 1 aliphatic carbocycles. The standard InChI is InChI=1S/C14H19FN2O3/c1-10-7-13(14(17(18)19)8-12(10)15)16-5-2-6-20-9-11-3-4-11/h7-8,11,16H,2-6,9H2,1H3. The lowest BCUT2D eigenvalue weighted by Gasteiger charge is -2.09. The van der Waals surface area contributed by atoms with Gasteiger partial charge in [0, 0.05) is 19.8 Å². The third kappa shape index (κ3) is 4.16. The molecule has 1 aromatic carbocycles. The molecule has 0 bridgehead atoms. The molecule has 1 fully saturated rings. The van der Waals surface area contributed by atoms with Crippen LogP contribution >= 0.6 is 0 Å². The average Bonchev–Trinajstić information content (AvgIpc) is 3.21. The predicted octanol–water partition coefficient (Wildman–Crippen LogP) is 3.27. The number of benzene rings is 1. The van der Waals surface area contributed by atoms with E-state index < -0.39 is 10.7 Å². The van der Waals surface area contributed by atoms with Crippen LogP contribution < -0.4 is 5.32 Å². The van der Waals surface area contributed by atoms with Crippen molar-refractivity contribution in [2.75, 3.05) is 25.1 Å². The number of nitrogens with zero attached hydrogens (tertiary/aromatic N) is 1. The van der Waals surface area contributed by atoms with Crippen molar-refractivity contribution in [2.24, 2.45) is 5.92 Å². The Hall–Kier alpha value is -1.69. The van der Waals surface area contributed by atoms with Crippen LogP contribution in [0.2, 0.25) is 0 Å². The van der Waals surface area contributed by atoms with Gasteiger partial charge in [-0.15, -0.1) is 0 Å². The van der Waals surface area contributed by atoms with Crippen molar-refractivity contribution in [1.82, 2.24) is 0 Å². The molecule has 2 rings (SSSR count). The Labute approximate surface area is 117 Å². The number of hydrogen-bond donors (Lipinski definition) is 1. The third-order valence-electron chi connectivity index (χ3n) is 3.31. The van der Waals surface area contributed by atoms with Crippen molar-refractivity contribution < 1.29 is 14.1 Å². The van der Waals surface area contributed by atoms with Gasteiger partial charge in [0.1, 0.15) is 11.5 Å². The van der Waals surface area contributed by atoms with E-state index in [0.717, 1.165) is 25.0 Å². The van der Waals surface area contributed by atoms with E-state index in [-0.39, 0.29) is 5.69 Å². The molecule has 20 heavy (non-hydrogen) atoms. The van der Waals surface area contributed by atoms with Gasteiger partial charge in [-0.2, -0.15) is 0 Å². The van der Waals surface area contributed by atoms with Crippen LogP contribution in [0.4, 0.5) is 15.8 Å². The Morgan fingerprint density at radius 1 is 1.50 bits per heavy atom. The SMILES string of the molecule is Cc1cc(NCCCOCC2CC2)c([N+](=O)[O-])cc1F. The van der Waals surface area contributed by atoms with E-state index in [1.165, 1.54) is 18.9 Å². The molecule has 0 unspecified atom stereocenters. The van der Waals surface area contributed by atoms with Crippen LogP contribution in [0.3, 0.4) is 0 Å². The zero-order valence-electron chi connectivity index (χ0n) is 11.5. The monoisotopic (exact) mass is 282 g/mol. The number of nitro groups is 1. The molecule has 1 aromatic rings. The summed E-state index contributed by atoms with van der Waals surface area (Å²) in [7, 11) is 0. The van der Waals surface area contributed by atoms with Crippen molar-refractivity contribution in [3.05, 3.63) is 33.6 Å². The first-order valence-electron chi connectivity index (χ1n) is 6.84.